The fourth-order valence-corrected chi connectivity index (χ4v) is 3.11. The highest BCUT2D eigenvalue weighted by molar-refractivity contribution is 5.56. The predicted octanol–water partition coefficient (Wildman–Crippen LogP) is 4.00. The van der Waals surface area contributed by atoms with E-state index in [1.54, 1.807) is 0 Å². The summed E-state index contributed by atoms with van der Waals surface area (Å²) in [7, 11) is 0. The quantitative estimate of drug-likeness (QED) is 0.721. The Balaban J connectivity index is 1.75. The maximum absolute atomic E-state index is 3.48. The van der Waals surface area contributed by atoms with Crippen molar-refractivity contribution in [2.75, 3.05) is 24.5 Å². The smallest absolute Gasteiger partial charge is 0.0401 e. The molecule has 20 heavy (non-hydrogen) atoms. The van der Waals surface area contributed by atoms with Gasteiger partial charge in [-0.15, -0.1) is 0 Å². The molecular weight excluding hydrogens is 244 g/mol. The molecule has 0 amide bonds. The number of aryl methyl sites for hydroxylation is 1. The van der Waals surface area contributed by atoms with Crippen molar-refractivity contribution in [3.63, 3.8) is 0 Å². The molecule has 1 N–H and O–H groups in total. The zero-order valence-corrected chi connectivity index (χ0v) is 13.2. The largest absolute Gasteiger partial charge is 0.369 e. The van der Waals surface area contributed by atoms with Gasteiger partial charge in [-0.1, -0.05) is 31.5 Å². The van der Waals surface area contributed by atoms with Gasteiger partial charge in [-0.3, -0.25) is 0 Å². The number of hydrogen-bond donors (Lipinski definition) is 1. The van der Waals surface area contributed by atoms with Crippen molar-refractivity contribution in [1.82, 2.24) is 5.32 Å². The summed E-state index contributed by atoms with van der Waals surface area (Å²) in [4.78, 5) is 2.62. The second kappa shape index (κ2) is 8.31. The van der Waals surface area contributed by atoms with Gasteiger partial charge in [0.25, 0.3) is 0 Å². The number of nitrogens with one attached hydrogen (secondary N) is 1. The van der Waals surface area contributed by atoms with Crippen LogP contribution in [0.25, 0.3) is 0 Å². The molecule has 0 saturated carbocycles. The Hall–Kier alpha value is -1.02. The van der Waals surface area contributed by atoms with Crippen molar-refractivity contribution in [1.29, 1.82) is 0 Å². The van der Waals surface area contributed by atoms with Gasteiger partial charge in [0.05, 0.1) is 0 Å². The van der Waals surface area contributed by atoms with Gasteiger partial charge in [-0.25, -0.2) is 0 Å². The zero-order chi connectivity index (χ0) is 14.2. The first-order chi connectivity index (χ1) is 9.83. The summed E-state index contributed by atoms with van der Waals surface area (Å²) in [5, 5.41) is 3.48. The number of para-hydroxylation sites is 1. The Labute approximate surface area is 124 Å². The van der Waals surface area contributed by atoms with Crippen molar-refractivity contribution >= 4 is 5.69 Å². The third-order valence-electron chi connectivity index (χ3n) is 4.34. The number of rotatable bonds is 8. The Morgan fingerprint density at radius 2 is 2.00 bits per heavy atom. The summed E-state index contributed by atoms with van der Waals surface area (Å²) in [6.45, 7) is 8.16. The summed E-state index contributed by atoms with van der Waals surface area (Å²) in [5.74, 6) is 0. The van der Waals surface area contributed by atoms with Crippen LogP contribution in [0.3, 0.4) is 0 Å². The summed E-state index contributed by atoms with van der Waals surface area (Å²) in [5.41, 5.74) is 3.02. The second-order valence-corrected chi connectivity index (χ2v) is 6.02. The van der Waals surface area contributed by atoms with Crippen molar-refractivity contribution in [2.45, 2.75) is 58.4 Å². The summed E-state index contributed by atoms with van der Waals surface area (Å²) in [6, 6.07) is 9.64. The lowest BCUT2D eigenvalue weighted by atomic mass is 9.96. The summed E-state index contributed by atoms with van der Waals surface area (Å²) < 4.78 is 0. The molecule has 1 aliphatic heterocycles. The van der Waals surface area contributed by atoms with Crippen molar-refractivity contribution in [2.24, 2.45) is 0 Å². The molecule has 0 spiro atoms. The van der Waals surface area contributed by atoms with Crippen LogP contribution in [0.2, 0.25) is 0 Å². The van der Waals surface area contributed by atoms with Crippen LogP contribution in [0.15, 0.2) is 24.3 Å². The van der Waals surface area contributed by atoms with E-state index in [0.29, 0.717) is 6.04 Å². The van der Waals surface area contributed by atoms with Crippen LogP contribution in [0, 0.1) is 0 Å². The Bertz CT molecular complexity index is 389. The summed E-state index contributed by atoms with van der Waals surface area (Å²) in [6.07, 6.45) is 7.74. The molecule has 1 aliphatic rings. The molecule has 1 unspecified atom stereocenters. The van der Waals surface area contributed by atoms with Crippen LogP contribution < -0.4 is 10.2 Å². The predicted molar refractivity (Wildman–Crippen MR) is 88.6 cm³/mol. The average Bonchev–Trinajstić information content (AvgIpc) is 2.48. The van der Waals surface area contributed by atoms with Gasteiger partial charge in [0.2, 0.25) is 0 Å². The van der Waals surface area contributed by atoms with E-state index < -0.39 is 0 Å². The first kappa shape index (κ1) is 15.4. The first-order valence-electron chi connectivity index (χ1n) is 8.38. The Morgan fingerprint density at radius 3 is 2.85 bits per heavy atom. The van der Waals surface area contributed by atoms with E-state index in [1.165, 1.54) is 62.9 Å². The van der Waals surface area contributed by atoms with Crippen LogP contribution >= 0.6 is 0 Å². The minimum absolute atomic E-state index is 0.697. The van der Waals surface area contributed by atoms with Crippen LogP contribution in [0.4, 0.5) is 5.69 Å². The highest BCUT2D eigenvalue weighted by Crippen LogP contribution is 2.30. The molecule has 1 aromatic carbocycles. The lowest BCUT2D eigenvalue weighted by Gasteiger charge is -2.37. The van der Waals surface area contributed by atoms with Gasteiger partial charge in [0.15, 0.2) is 0 Å². The molecule has 1 atom stereocenters. The maximum atomic E-state index is 3.48. The van der Waals surface area contributed by atoms with Gasteiger partial charge in [-0.2, -0.15) is 0 Å². The van der Waals surface area contributed by atoms with E-state index in [9.17, 15) is 0 Å². The van der Waals surface area contributed by atoms with Crippen LogP contribution in [-0.2, 0) is 6.42 Å². The molecule has 2 heteroatoms. The number of benzene rings is 1. The maximum Gasteiger partial charge on any atom is 0.0401 e. The van der Waals surface area contributed by atoms with E-state index >= 15 is 0 Å². The van der Waals surface area contributed by atoms with Gasteiger partial charge >= 0.3 is 0 Å². The minimum atomic E-state index is 0.697. The summed E-state index contributed by atoms with van der Waals surface area (Å²) >= 11 is 0. The molecule has 0 radical (unpaired) electrons. The van der Waals surface area contributed by atoms with E-state index in [0.717, 1.165) is 6.54 Å². The Morgan fingerprint density at radius 1 is 1.15 bits per heavy atom. The highest BCUT2D eigenvalue weighted by atomic mass is 15.2. The molecule has 0 aliphatic carbocycles. The van der Waals surface area contributed by atoms with Crippen molar-refractivity contribution < 1.29 is 0 Å². The number of fused-ring (bicyclic) bond motifs is 1. The number of nitrogens with zero attached hydrogens (tertiary/aromatic N) is 1. The topological polar surface area (TPSA) is 15.3 Å². The second-order valence-electron chi connectivity index (χ2n) is 6.02. The van der Waals surface area contributed by atoms with E-state index in [-0.39, 0.29) is 0 Å². The third-order valence-corrected chi connectivity index (χ3v) is 4.34. The fraction of sp³-hybridized carbons (Fsp3) is 0.667. The van der Waals surface area contributed by atoms with Gasteiger partial charge in [0.1, 0.15) is 0 Å². The number of hydrogen-bond acceptors (Lipinski definition) is 2. The van der Waals surface area contributed by atoms with E-state index in [2.05, 4.69) is 48.3 Å². The first-order valence-corrected chi connectivity index (χ1v) is 8.38. The minimum Gasteiger partial charge on any atom is -0.369 e. The fourth-order valence-electron chi connectivity index (χ4n) is 3.11. The number of anilines is 1. The van der Waals surface area contributed by atoms with Gasteiger partial charge in [-0.05, 0) is 63.7 Å². The van der Waals surface area contributed by atoms with Gasteiger partial charge < -0.3 is 10.2 Å². The van der Waals surface area contributed by atoms with Crippen LogP contribution in [-0.4, -0.2) is 25.7 Å². The third kappa shape index (κ3) is 4.24. The lowest BCUT2D eigenvalue weighted by molar-refractivity contribution is 0.532. The standard InChI is InChI=1S/C18H30N2/c1-3-13-19-14-7-4-8-15-20-16(2)11-12-17-9-5-6-10-18(17)20/h5-6,9-10,16,19H,3-4,7-8,11-15H2,1-2H3. The molecule has 0 bridgehead atoms. The monoisotopic (exact) mass is 274 g/mol. The molecular formula is C18H30N2. The molecule has 2 rings (SSSR count). The zero-order valence-electron chi connectivity index (χ0n) is 13.2. The SMILES string of the molecule is CCCNCCCCCN1c2ccccc2CCC1C. The molecule has 0 fully saturated rings. The van der Waals surface area contributed by atoms with E-state index in [1.807, 2.05) is 0 Å². The van der Waals surface area contributed by atoms with Gasteiger partial charge in [0, 0.05) is 18.3 Å². The Kier molecular flexibility index (Phi) is 6.38. The van der Waals surface area contributed by atoms with Crippen LogP contribution in [0.5, 0.6) is 0 Å². The van der Waals surface area contributed by atoms with Crippen LogP contribution in [0.1, 0.15) is 51.5 Å². The van der Waals surface area contributed by atoms with E-state index in [4.69, 9.17) is 0 Å². The average molecular weight is 274 g/mol. The van der Waals surface area contributed by atoms with Crippen molar-refractivity contribution in [3.8, 4) is 0 Å². The molecule has 1 heterocycles. The molecule has 1 aromatic rings. The normalized spacial score (nSPS) is 18.1. The highest BCUT2D eigenvalue weighted by Gasteiger charge is 2.21. The lowest BCUT2D eigenvalue weighted by Crippen LogP contribution is -2.38. The molecule has 0 aromatic heterocycles. The number of unbranched alkanes of at least 4 members (excludes halogenated alkanes) is 2. The molecule has 112 valence electrons. The van der Waals surface area contributed by atoms with Crippen molar-refractivity contribution in [3.05, 3.63) is 29.8 Å². The molecule has 2 nitrogen and oxygen atoms in total. The molecule has 0 saturated heterocycles.